The van der Waals surface area contributed by atoms with Gasteiger partial charge in [0.05, 0.1) is 0 Å². The molecule has 5 heteroatoms. The minimum atomic E-state index is -0.463. The largest absolute Gasteiger partial charge is 0.326 e. The van der Waals surface area contributed by atoms with Gasteiger partial charge in [-0.1, -0.05) is 0 Å². The molecular formula is C5H2N2O2S. The second-order valence-electron chi connectivity index (χ2n) is 1.76. The zero-order valence-corrected chi connectivity index (χ0v) is 5.59. The van der Waals surface area contributed by atoms with Crippen molar-refractivity contribution in [3.8, 4) is 5.13 Å². The molecule has 2 rings (SSSR count). The summed E-state index contributed by atoms with van der Waals surface area (Å²) in [6.45, 7) is 0. The monoisotopic (exact) mass is 154 g/mol. The van der Waals surface area contributed by atoms with Crippen molar-refractivity contribution in [3.63, 3.8) is 0 Å². The van der Waals surface area contributed by atoms with Crippen molar-refractivity contribution in [3.05, 3.63) is 32.3 Å². The normalized spacial score (nSPS) is 10.8. The van der Waals surface area contributed by atoms with Crippen LogP contribution in [0.15, 0.2) is 21.2 Å². The molecule has 2 heterocycles. The molecule has 2 aromatic heterocycles. The maximum atomic E-state index is 10.5. The van der Waals surface area contributed by atoms with Gasteiger partial charge < -0.3 is 0 Å². The van der Waals surface area contributed by atoms with Gasteiger partial charge in [-0.15, -0.1) is 11.3 Å². The predicted octanol–water partition coefficient (Wildman–Crippen LogP) is -0.470. The van der Waals surface area contributed by atoms with Crippen LogP contribution in [-0.4, -0.2) is 9.55 Å². The predicted molar refractivity (Wildman–Crippen MR) is 36.4 cm³/mol. The number of aromatic nitrogens is 2. The van der Waals surface area contributed by atoms with Crippen molar-refractivity contribution in [2.75, 3.05) is 0 Å². The Morgan fingerprint density at radius 3 is 2.50 bits per heavy atom. The fourth-order valence-electron chi connectivity index (χ4n) is 0.635. The van der Waals surface area contributed by atoms with Gasteiger partial charge in [0.25, 0.3) is 0 Å². The summed E-state index contributed by atoms with van der Waals surface area (Å²) in [6.07, 6.45) is 1.55. The standard InChI is InChI=1S/C5H2N2O2S/c8-3-4(9)7(3)5-6-1-2-10-5/h1-2H. The van der Waals surface area contributed by atoms with Gasteiger partial charge in [-0.25, -0.2) is 9.55 Å². The topological polar surface area (TPSA) is 52.0 Å². The maximum absolute atomic E-state index is 10.5. The van der Waals surface area contributed by atoms with Crippen LogP contribution in [0, 0.1) is 0 Å². The molecular weight excluding hydrogens is 152 g/mol. The van der Waals surface area contributed by atoms with Crippen LogP contribution < -0.4 is 11.1 Å². The molecule has 0 spiro atoms. The first kappa shape index (κ1) is 5.55. The first-order valence-electron chi connectivity index (χ1n) is 2.58. The smallest absolute Gasteiger partial charge is 0.262 e. The zero-order chi connectivity index (χ0) is 7.14. The van der Waals surface area contributed by atoms with Gasteiger partial charge >= 0.3 is 11.1 Å². The van der Waals surface area contributed by atoms with E-state index >= 15 is 0 Å². The molecule has 0 atom stereocenters. The van der Waals surface area contributed by atoms with Crippen molar-refractivity contribution in [1.29, 1.82) is 0 Å². The number of hydrogen-bond donors (Lipinski definition) is 0. The van der Waals surface area contributed by atoms with Crippen LogP contribution in [0.5, 0.6) is 0 Å². The summed E-state index contributed by atoms with van der Waals surface area (Å²) in [5.74, 6) is 0. The van der Waals surface area contributed by atoms with Crippen LogP contribution in [-0.2, 0) is 0 Å². The van der Waals surface area contributed by atoms with Crippen LogP contribution in [0.25, 0.3) is 5.13 Å². The molecule has 0 bridgehead atoms. The van der Waals surface area contributed by atoms with Gasteiger partial charge in [0.2, 0.25) is 0 Å². The Balaban J connectivity index is 2.60. The van der Waals surface area contributed by atoms with Gasteiger partial charge in [-0.2, -0.15) is 0 Å². The Labute approximate surface area is 59.1 Å². The third kappa shape index (κ3) is 0.577. The molecule has 0 aliphatic heterocycles. The zero-order valence-electron chi connectivity index (χ0n) is 4.77. The molecule has 0 saturated heterocycles. The highest BCUT2D eigenvalue weighted by molar-refractivity contribution is 7.12. The van der Waals surface area contributed by atoms with Crippen LogP contribution in [0.4, 0.5) is 0 Å². The first-order chi connectivity index (χ1) is 4.80. The fraction of sp³-hybridized carbons (Fsp3) is 0. The lowest BCUT2D eigenvalue weighted by Gasteiger charge is -1.76. The highest BCUT2D eigenvalue weighted by Gasteiger charge is 2.19. The molecule has 0 aromatic carbocycles. The van der Waals surface area contributed by atoms with Crippen molar-refractivity contribution in [2.45, 2.75) is 0 Å². The molecule has 0 fully saturated rings. The van der Waals surface area contributed by atoms with Gasteiger partial charge in [0.15, 0.2) is 5.13 Å². The van der Waals surface area contributed by atoms with Crippen LogP contribution in [0.3, 0.4) is 0 Å². The second-order valence-corrected chi connectivity index (χ2v) is 2.63. The van der Waals surface area contributed by atoms with E-state index in [1.165, 1.54) is 11.3 Å². The molecule has 0 N–H and O–H groups in total. The molecule has 0 unspecified atom stereocenters. The number of hydrogen-bond acceptors (Lipinski definition) is 4. The summed E-state index contributed by atoms with van der Waals surface area (Å²) in [4.78, 5) is 24.7. The lowest BCUT2D eigenvalue weighted by molar-refractivity contribution is 1.12. The number of thiazole rings is 1. The summed E-state index contributed by atoms with van der Waals surface area (Å²) in [7, 11) is 0. The molecule has 50 valence electrons. The van der Waals surface area contributed by atoms with Crippen molar-refractivity contribution >= 4 is 11.3 Å². The Kier molecular flexibility index (Phi) is 0.906. The Bertz CT molecular complexity index is 382. The molecule has 2 aromatic rings. The van der Waals surface area contributed by atoms with Crippen molar-refractivity contribution in [2.24, 2.45) is 0 Å². The van der Waals surface area contributed by atoms with E-state index < -0.39 is 11.1 Å². The molecule has 0 radical (unpaired) electrons. The molecule has 10 heavy (non-hydrogen) atoms. The van der Waals surface area contributed by atoms with Gasteiger partial charge in [0.1, 0.15) is 0 Å². The third-order valence-corrected chi connectivity index (χ3v) is 1.91. The van der Waals surface area contributed by atoms with E-state index in [-0.39, 0.29) is 0 Å². The number of rotatable bonds is 1. The summed E-state index contributed by atoms with van der Waals surface area (Å²) in [5.41, 5.74) is -0.926. The van der Waals surface area contributed by atoms with E-state index in [1.807, 2.05) is 0 Å². The highest BCUT2D eigenvalue weighted by atomic mass is 32.1. The Morgan fingerprint density at radius 1 is 1.40 bits per heavy atom. The molecule has 0 saturated carbocycles. The van der Waals surface area contributed by atoms with E-state index in [4.69, 9.17) is 0 Å². The lowest BCUT2D eigenvalue weighted by atomic mass is 11.0. The van der Waals surface area contributed by atoms with Crippen LogP contribution in [0.1, 0.15) is 0 Å². The summed E-state index contributed by atoms with van der Waals surface area (Å²) >= 11 is 1.27. The fourth-order valence-corrected chi connectivity index (χ4v) is 1.27. The maximum Gasteiger partial charge on any atom is 0.326 e. The molecule has 0 aliphatic rings. The summed E-state index contributed by atoms with van der Waals surface area (Å²) in [5, 5.41) is 2.18. The quantitative estimate of drug-likeness (QED) is 0.522. The molecule has 0 amide bonds. The van der Waals surface area contributed by atoms with Crippen LogP contribution in [0.2, 0.25) is 0 Å². The average molecular weight is 154 g/mol. The molecule has 4 nitrogen and oxygen atoms in total. The van der Waals surface area contributed by atoms with Gasteiger partial charge in [-0.05, 0) is 0 Å². The van der Waals surface area contributed by atoms with E-state index in [0.717, 1.165) is 4.57 Å². The lowest BCUT2D eigenvalue weighted by Crippen LogP contribution is -1.88. The SMILES string of the molecule is O=c1c(=O)n1-c1nccs1. The summed E-state index contributed by atoms with van der Waals surface area (Å²) in [6, 6.07) is 0. The minimum Gasteiger partial charge on any atom is -0.262 e. The number of nitrogens with zero attached hydrogens (tertiary/aromatic N) is 2. The van der Waals surface area contributed by atoms with Gasteiger partial charge in [0, 0.05) is 11.6 Å². The van der Waals surface area contributed by atoms with E-state index in [2.05, 4.69) is 4.98 Å². The third-order valence-electron chi connectivity index (χ3n) is 1.15. The van der Waals surface area contributed by atoms with E-state index in [1.54, 1.807) is 11.6 Å². The van der Waals surface area contributed by atoms with E-state index in [9.17, 15) is 9.59 Å². The Morgan fingerprint density at radius 2 is 2.10 bits per heavy atom. The average Bonchev–Trinajstić information content (AvgIpc) is 2.37. The molecule has 0 aliphatic carbocycles. The van der Waals surface area contributed by atoms with Crippen molar-refractivity contribution < 1.29 is 0 Å². The summed E-state index contributed by atoms with van der Waals surface area (Å²) < 4.78 is 1.05. The first-order valence-corrected chi connectivity index (χ1v) is 3.46. The minimum absolute atomic E-state index is 0.463. The highest BCUT2D eigenvalue weighted by Crippen LogP contribution is 2.05. The second kappa shape index (κ2) is 1.63. The Hall–Kier alpha value is -1.23. The van der Waals surface area contributed by atoms with E-state index in [0.29, 0.717) is 5.13 Å². The van der Waals surface area contributed by atoms with Gasteiger partial charge in [-0.3, -0.25) is 9.59 Å². The van der Waals surface area contributed by atoms with Crippen molar-refractivity contribution in [1.82, 2.24) is 9.55 Å². The van der Waals surface area contributed by atoms with Crippen LogP contribution >= 0.6 is 11.3 Å².